The molecule has 3 N–H and O–H groups in total. The molecule has 1 aromatic carbocycles. The Bertz CT molecular complexity index is 560. The predicted octanol–water partition coefficient (Wildman–Crippen LogP) is 1.89. The number of rotatable bonds is 5. The Labute approximate surface area is 149 Å². The van der Waals surface area contributed by atoms with Crippen LogP contribution < -0.4 is 11.1 Å². The molecule has 1 saturated heterocycles. The minimum Gasteiger partial charge on any atom is -0.378 e. The maximum atomic E-state index is 12.5. The average molecular weight is 356 g/mol. The summed E-state index contributed by atoms with van der Waals surface area (Å²) in [7, 11) is 0. The monoisotopic (exact) mass is 355 g/mol. The summed E-state index contributed by atoms with van der Waals surface area (Å²) in [6, 6.07) is 6.42. The van der Waals surface area contributed by atoms with E-state index in [1.54, 1.807) is 29.2 Å². The Morgan fingerprint density at radius 2 is 1.96 bits per heavy atom. The molecule has 0 aliphatic carbocycles. The molecule has 1 fully saturated rings. The van der Waals surface area contributed by atoms with Crippen LogP contribution in [0.5, 0.6) is 0 Å². The van der Waals surface area contributed by atoms with Crippen molar-refractivity contribution in [2.24, 2.45) is 11.7 Å². The summed E-state index contributed by atoms with van der Waals surface area (Å²) >= 11 is 0. The number of nitrogens with one attached hydrogen (secondary N) is 1. The van der Waals surface area contributed by atoms with E-state index in [9.17, 15) is 9.59 Å². The molecule has 0 spiro atoms. The smallest absolute Gasteiger partial charge is 0.254 e. The predicted molar refractivity (Wildman–Crippen MR) is 96.5 cm³/mol. The Kier molecular flexibility index (Phi) is 8.18. The molecule has 6 nitrogen and oxygen atoms in total. The van der Waals surface area contributed by atoms with Crippen LogP contribution in [0.4, 0.5) is 5.69 Å². The van der Waals surface area contributed by atoms with Gasteiger partial charge in [0, 0.05) is 24.3 Å². The van der Waals surface area contributed by atoms with Gasteiger partial charge >= 0.3 is 0 Å². The lowest BCUT2D eigenvalue weighted by molar-refractivity contribution is -0.117. The second-order valence-corrected chi connectivity index (χ2v) is 6.21. The van der Waals surface area contributed by atoms with Crippen molar-refractivity contribution in [3.05, 3.63) is 29.8 Å². The minimum absolute atomic E-state index is 0. The second-order valence-electron chi connectivity index (χ2n) is 6.21. The Hall–Kier alpha value is -1.63. The van der Waals surface area contributed by atoms with Gasteiger partial charge in [-0.25, -0.2) is 0 Å². The van der Waals surface area contributed by atoms with Crippen molar-refractivity contribution in [3.8, 4) is 0 Å². The van der Waals surface area contributed by atoms with Crippen LogP contribution in [0.3, 0.4) is 0 Å². The maximum Gasteiger partial charge on any atom is 0.254 e. The summed E-state index contributed by atoms with van der Waals surface area (Å²) in [6.45, 7) is 6.35. The van der Waals surface area contributed by atoms with E-state index in [4.69, 9.17) is 10.5 Å². The van der Waals surface area contributed by atoms with Gasteiger partial charge in [-0.15, -0.1) is 12.4 Å². The molecule has 0 radical (unpaired) electrons. The fraction of sp³-hybridized carbons (Fsp3) is 0.529. The molecular weight excluding hydrogens is 330 g/mol. The molecule has 2 rings (SSSR count). The molecule has 1 atom stereocenters. The zero-order chi connectivity index (χ0) is 16.8. The summed E-state index contributed by atoms with van der Waals surface area (Å²) in [5, 5.41) is 2.79. The van der Waals surface area contributed by atoms with Crippen LogP contribution in [-0.2, 0) is 9.53 Å². The van der Waals surface area contributed by atoms with E-state index in [1.807, 2.05) is 13.8 Å². The minimum atomic E-state index is -0.548. The highest BCUT2D eigenvalue weighted by atomic mass is 35.5. The highest BCUT2D eigenvalue weighted by Gasteiger charge is 2.19. The van der Waals surface area contributed by atoms with Crippen LogP contribution in [0.1, 0.15) is 30.6 Å². The number of hydrogen-bond donors (Lipinski definition) is 2. The molecule has 24 heavy (non-hydrogen) atoms. The topological polar surface area (TPSA) is 84.7 Å². The standard InChI is InChI=1S/C17H25N3O3.ClH/c1-12(2)10-15(18)16(21)19-14-5-3-4-13(11-14)17(22)20-6-8-23-9-7-20;/h3-5,11-12,15H,6-10,18H2,1-2H3,(H,19,21);1H/t15-;/m0./s1. The number of nitrogens with two attached hydrogens (primary N) is 1. The van der Waals surface area contributed by atoms with Crippen LogP contribution >= 0.6 is 12.4 Å². The van der Waals surface area contributed by atoms with Crippen LogP contribution in [-0.4, -0.2) is 49.1 Å². The molecule has 134 valence electrons. The van der Waals surface area contributed by atoms with Gasteiger partial charge in [-0.2, -0.15) is 0 Å². The first-order valence-electron chi connectivity index (χ1n) is 8.01. The molecular formula is C17H26ClN3O3. The van der Waals surface area contributed by atoms with Crippen molar-refractivity contribution < 1.29 is 14.3 Å². The van der Waals surface area contributed by atoms with Gasteiger partial charge < -0.3 is 20.7 Å². The van der Waals surface area contributed by atoms with Crippen LogP contribution in [0, 0.1) is 5.92 Å². The lowest BCUT2D eigenvalue weighted by Gasteiger charge is -2.27. The number of carbonyl (C=O) groups excluding carboxylic acids is 2. The Morgan fingerprint density at radius 1 is 1.29 bits per heavy atom. The molecule has 1 aliphatic heterocycles. The fourth-order valence-corrected chi connectivity index (χ4v) is 2.53. The van der Waals surface area contributed by atoms with Gasteiger partial charge in [0.25, 0.3) is 5.91 Å². The molecule has 2 amide bonds. The van der Waals surface area contributed by atoms with Crippen molar-refractivity contribution in [2.75, 3.05) is 31.6 Å². The van der Waals surface area contributed by atoms with Gasteiger partial charge in [0.2, 0.25) is 5.91 Å². The lowest BCUT2D eigenvalue weighted by atomic mass is 10.0. The van der Waals surface area contributed by atoms with E-state index in [2.05, 4.69) is 5.32 Å². The number of anilines is 1. The highest BCUT2D eigenvalue weighted by molar-refractivity contribution is 5.98. The van der Waals surface area contributed by atoms with E-state index < -0.39 is 6.04 Å². The van der Waals surface area contributed by atoms with E-state index in [-0.39, 0.29) is 24.2 Å². The summed E-state index contributed by atoms with van der Waals surface area (Å²) in [4.78, 5) is 26.3. The number of morpholine rings is 1. The number of nitrogens with zero attached hydrogens (tertiary/aromatic N) is 1. The number of hydrogen-bond acceptors (Lipinski definition) is 4. The van der Waals surface area contributed by atoms with Crippen molar-refractivity contribution in [3.63, 3.8) is 0 Å². The molecule has 0 unspecified atom stereocenters. The molecule has 1 heterocycles. The number of benzene rings is 1. The van der Waals surface area contributed by atoms with E-state index in [0.717, 1.165) is 0 Å². The third-order valence-electron chi connectivity index (χ3n) is 3.74. The van der Waals surface area contributed by atoms with Gasteiger partial charge in [-0.3, -0.25) is 9.59 Å². The van der Waals surface area contributed by atoms with Crippen molar-refractivity contribution in [2.45, 2.75) is 26.3 Å². The first-order chi connectivity index (χ1) is 11.0. The van der Waals surface area contributed by atoms with Gasteiger partial charge in [0.1, 0.15) is 0 Å². The van der Waals surface area contributed by atoms with E-state index >= 15 is 0 Å². The second kappa shape index (κ2) is 9.61. The molecule has 1 aliphatic rings. The van der Waals surface area contributed by atoms with Crippen molar-refractivity contribution >= 4 is 29.9 Å². The number of carbonyl (C=O) groups is 2. The molecule has 0 saturated carbocycles. The first-order valence-corrected chi connectivity index (χ1v) is 8.01. The van der Waals surface area contributed by atoms with Crippen molar-refractivity contribution in [1.82, 2.24) is 4.90 Å². The molecule has 0 aromatic heterocycles. The highest BCUT2D eigenvalue weighted by Crippen LogP contribution is 2.15. The first kappa shape index (κ1) is 20.4. The number of halogens is 1. The zero-order valence-electron chi connectivity index (χ0n) is 14.2. The third kappa shape index (κ3) is 5.78. The summed E-state index contributed by atoms with van der Waals surface area (Å²) < 4.78 is 5.26. The number of amides is 2. The Balaban J connectivity index is 0.00000288. The molecule has 7 heteroatoms. The average Bonchev–Trinajstić information content (AvgIpc) is 2.54. The van der Waals surface area contributed by atoms with Crippen LogP contribution in [0.2, 0.25) is 0 Å². The molecule has 1 aromatic rings. The number of ether oxygens (including phenoxy) is 1. The van der Waals surface area contributed by atoms with Gasteiger partial charge in [-0.1, -0.05) is 19.9 Å². The fourth-order valence-electron chi connectivity index (χ4n) is 2.53. The molecule has 0 bridgehead atoms. The third-order valence-corrected chi connectivity index (χ3v) is 3.74. The normalized spacial score (nSPS) is 15.6. The SMILES string of the molecule is CC(C)C[C@H](N)C(=O)Nc1cccc(C(=O)N2CCOCC2)c1.Cl. The van der Waals surface area contributed by atoms with Gasteiger partial charge in [0.15, 0.2) is 0 Å². The summed E-state index contributed by atoms with van der Waals surface area (Å²) in [5.74, 6) is 0.0792. The van der Waals surface area contributed by atoms with Crippen molar-refractivity contribution in [1.29, 1.82) is 0 Å². The zero-order valence-corrected chi connectivity index (χ0v) is 15.0. The van der Waals surface area contributed by atoms with Gasteiger partial charge in [0.05, 0.1) is 19.3 Å². The van der Waals surface area contributed by atoms with Crippen LogP contribution in [0.15, 0.2) is 24.3 Å². The quantitative estimate of drug-likeness (QED) is 0.844. The van der Waals surface area contributed by atoms with Gasteiger partial charge in [-0.05, 0) is 30.5 Å². The lowest BCUT2D eigenvalue weighted by Crippen LogP contribution is -2.40. The van der Waals surface area contributed by atoms with E-state index in [1.165, 1.54) is 0 Å². The Morgan fingerprint density at radius 3 is 2.58 bits per heavy atom. The van der Waals surface area contributed by atoms with E-state index in [0.29, 0.717) is 49.9 Å². The maximum absolute atomic E-state index is 12.5. The largest absolute Gasteiger partial charge is 0.378 e. The van der Waals surface area contributed by atoms with Crippen LogP contribution in [0.25, 0.3) is 0 Å². The summed E-state index contributed by atoms with van der Waals surface area (Å²) in [6.07, 6.45) is 0.623. The summed E-state index contributed by atoms with van der Waals surface area (Å²) in [5.41, 5.74) is 7.03.